The first kappa shape index (κ1) is 19.0. The Hall–Kier alpha value is -0.340. The Kier molecular flexibility index (Phi) is 6.74. The Morgan fingerprint density at radius 3 is 2.35 bits per heavy atom. The van der Waals surface area contributed by atoms with Crippen molar-refractivity contribution in [3.05, 3.63) is 46.6 Å². The largest absolute Gasteiger partial charge is 0.508 e. The van der Waals surface area contributed by atoms with Gasteiger partial charge in [-0.25, -0.2) is 0 Å². The van der Waals surface area contributed by atoms with E-state index in [-0.39, 0.29) is 12.2 Å². The van der Waals surface area contributed by atoms with E-state index < -0.39 is 12.0 Å². The number of rotatable bonds is 5. The number of carboxylic acid groups (broad SMARTS) is 1. The van der Waals surface area contributed by atoms with E-state index in [4.69, 9.17) is 15.6 Å². The maximum absolute atomic E-state index is 11.0. The summed E-state index contributed by atoms with van der Waals surface area (Å²) in [6, 6.07) is 7.40. The molecule has 0 aromatic heterocycles. The summed E-state index contributed by atoms with van der Waals surface area (Å²) in [4.78, 5) is 11.0. The zero-order chi connectivity index (χ0) is 17.1. The van der Waals surface area contributed by atoms with Gasteiger partial charge in [0.05, 0.1) is 3.57 Å². The number of benzene rings is 2. The molecule has 5 nitrogen and oxygen atoms in total. The van der Waals surface area contributed by atoms with E-state index in [1.54, 1.807) is 24.3 Å². The SMILES string of the molecule is N[C@H](Cc1c(I)cc(Oc2ccc(O)cc2)c(I)c1I)C(=O)O. The van der Waals surface area contributed by atoms with Crippen LogP contribution in [0.15, 0.2) is 30.3 Å². The van der Waals surface area contributed by atoms with Crippen LogP contribution < -0.4 is 10.5 Å². The summed E-state index contributed by atoms with van der Waals surface area (Å²) in [5.74, 6) is 0.449. The lowest BCUT2D eigenvalue weighted by molar-refractivity contribution is -0.138. The fourth-order valence-electron chi connectivity index (χ4n) is 1.82. The van der Waals surface area contributed by atoms with Gasteiger partial charge < -0.3 is 20.7 Å². The Balaban J connectivity index is 2.33. The monoisotopic (exact) mass is 651 g/mol. The maximum Gasteiger partial charge on any atom is 0.320 e. The second kappa shape index (κ2) is 8.16. The normalized spacial score (nSPS) is 12.0. The highest BCUT2D eigenvalue weighted by atomic mass is 127. The van der Waals surface area contributed by atoms with Gasteiger partial charge in [-0.1, -0.05) is 0 Å². The van der Waals surface area contributed by atoms with E-state index in [0.29, 0.717) is 11.5 Å². The lowest BCUT2D eigenvalue weighted by atomic mass is 10.1. The molecule has 0 aliphatic rings. The summed E-state index contributed by atoms with van der Waals surface area (Å²) in [5, 5.41) is 18.3. The standard InChI is InChI=1S/C15H12I3NO4/c16-10-6-12(23-8-3-1-7(20)2-4-8)14(18)13(17)9(10)5-11(19)15(21)22/h1-4,6,11,20H,5,19H2,(H,21,22)/t11-/m1/s1. The van der Waals surface area contributed by atoms with Crippen LogP contribution in [0, 0.1) is 10.7 Å². The number of carboxylic acids is 1. The minimum absolute atomic E-state index is 0.175. The van der Waals surface area contributed by atoms with Gasteiger partial charge in [0.2, 0.25) is 0 Å². The second-order valence-corrected chi connectivity index (χ2v) is 8.03. The molecule has 0 saturated heterocycles. The number of aliphatic carboxylic acids is 1. The molecule has 2 rings (SSSR count). The second-order valence-electron chi connectivity index (χ2n) is 4.71. The van der Waals surface area contributed by atoms with Gasteiger partial charge >= 0.3 is 5.97 Å². The first-order chi connectivity index (χ1) is 10.8. The molecule has 0 unspecified atom stereocenters. The Morgan fingerprint density at radius 2 is 1.78 bits per heavy atom. The molecule has 122 valence electrons. The molecule has 23 heavy (non-hydrogen) atoms. The minimum Gasteiger partial charge on any atom is -0.508 e. The summed E-state index contributed by atoms with van der Waals surface area (Å²) in [6.07, 6.45) is 0.265. The summed E-state index contributed by atoms with van der Waals surface area (Å²) in [5.41, 5.74) is 6.55. The average Bonchev–Trinajstić information content (AvgIpc) is 2.50. The number of nitrogens with two attached hydrogens (primary N) is 1. The van der Waals surface area contributed by atoms with Crippen LogP contribution in [0.2, 0.25) is 0 Å². The molecule has 0 heterocycles. The molecule has 8 heteroatoms. The smallest absolute Gasteiger partial charge is 0.320 e. The molecule has 0 radical (unpaired) electrons. The fraction of sp³-hybridized carbons (Fsp3) is 0.133. The molecule has 0 aliphatic carbocycles. The first-order valence-electron chi connectivity index (χ1n) is 6.41. The zero-order valence-electron chi connectivity index (χ0n) is 11.6. The van der Waals surface area contributed by atoms with Crippen LogP contribution in [0.5, 0.6) is 17.2 Å². The van der Waals surface area contributed by atoms with Crippen molar-refractivity contribution in [2.45, 2.75) is 12.5 Å². The number of ether oxygens (including phenoxy) is 1. The van der Waals surface area contributed by atoms with Gasteiger partial charge in [-0.15, -0.1) is 0 Å². The van der Waals surface area contributed by atoms with Crippen molar-refractivity contribution in [2.24, 2.45) is 5.73 Å². The molecule has 2 aromatic carbocycles. The third-order valence-electron chi connectivity index (χ3n) is 3.03. The van der Waals surface area contributed by atoms with Crippen molar-refractivity contribution in [3.63, 3.8) is 0 Å². The molecule has 4 N–H and O–H groups in total. The van der Waals surface area contributed by atoms with Crippen LogP contribution >= 0.6 is 67.8 Å². The van der Waals surface area contributed by atoms with E-state index in [2.05, 4.69) is 67.8 Å². The highest BCUT2D eigenvalue weighted by molar-refractivity contribution is 14.1. The van der Waals surface area contributed by atoms with E-state index >= 15 is 0 Å². The van der Waals surface area contributed by atoms with Crippen molar-refractivity contribution >= 4 is 73.7 Å². The number of halogens is 3. The Bertz CT molecular complexity index is 734. The van der Waals surface area contributed by atoms with Crippen LogP contribution in [-0.4, -0.2) is 22.2 Å². The number of phenols is 1. The summed E-state index contributed by atoms with van der Waals surface area (Å²) < 4.78 is 8.58. The summed E-state index contributed by atoms with van der Waals surface area (Å²) in [6.45, 7) is 0. The van der Waals surface area contributed by atoms with Gasteiger partial charge in [-0.2, -0.15) is 0 Å². The number of aromatic hydroxyl groups is 1. The molecular weight excluding hydrogens is 639 g/mol. The van der Waals surface area contributed by atoms with E-state index in [1.165, 1.54) is 0 Å². The first-order valence-corrected chi connectivity index (χ1v) is 9.65. The van der Waals surface area contributed by atoms with Crippen molar-refractivity contribution in [2.75, 3.05) is 0 Å². The minimum atomic E-state index is -1.02. The molecule has 0 saturated carbocycles. The van der Waals surface area contributed by atoms with Gasteiger partial charge in [0.1, 0.15) is 23.3 Å². The van der Waals surface area contributed by atoms with Crippen LogP contribution in [0.4, 0.5) is 0 Å². The highest BCUT2D eigenvalue weighted by Crippen LogP contribution is 2.35. The molecule has 0 amide bonds. The van der Waals surface area contributed by atoms with Gasteiger partial charge in [-0.3, -0.25) is 4.79 Å². The van der Waals surface area contributed by atoms with Crippen LogP contribution in [0.25, 0.3) is 0 Å². The zero-order valence-corrected chi connectivity index (χ0v) is 18.1. The Morgan fingerprint density at radius 1 is 1.17 bits per heavy atom. The van der Waals surface area contributed by atoms with E-state index in [1.807, 2.05) is 6.07 Å². The molecule has 1 atom stereocenters. The highest BCUT2D eigenvalue weighted by Gasteiger charge is 2.20. The van der Waals surface area contributed by atoms with Crippen molar-refractivity contribution in [3.8, 4) is 17.2 Å². The van der Waals surface area contributed by atoms with Gasteiger partial charge in [0.25, 0.3) is 0 Å². The number of hydrogen-bond donors (Lipinski definition) is 3. The molecule has 0 bridgehead atoms. The quantitative estimate of drug-likeness (QED) is 0.337. The third kappa shape index (κ3) is 4.82. The van der Waals surface area contributed by atoms with Gasteiger partial charge in [0.15, 0.2) is 0 Å². The predicted molar refractivity (Wildman–Crippen MR) is 112 cm³/mol. The van der Waals surface area contributed by atoms with Crippen LogP contribution in [0.3, 0.4) is 0 Å². The van der Waals surface area contributed by atoms with Crippen molar-refractivity contribution in [1.29, 1.82) is 0 Å². The Labute approximate surface area is 174 Å². The topological polar surface area (TPSA) is 92.8 Å². The number of phenolic OH excluding ortho intramolecular Hbond substituents is 1. The molecule has 0 aliphatic heterocycles. The molecular formula is C15H12I3NO4. The van der Waals surface area contributed by atoms with Gasteiger partial charge in [0, 0.05) is 13.6 Å². The van der Waals surface area contributed by atoms with Crippen LogP contribution in [-0.2, 0) is 11.2 Å². The third-order valence-corrected chi connectivity index (χ3v) is 7.28. The predicted octanol–water partition coefficient (Wildman–Crippen LogP) is 3.95. The summed E-state index contributed by atoms with van der Waals surface area (Å²) in [7, 11) is 0. The van der Waals surface area contributed by atoms with Crippen molar-refractivity contribution in [1.82, 2.24) is 0 Å². The van der Waals surface area contributed by atoms with Crippen LogP contribution in [0.1, 0.15) is 5.56 Å². The van der Waals surface area contributed by atoms with E-state index in [0.717, 1.165) is 16.3 Å². The number of carbonyl (C=O) groups is 1. The maximum atomic E-state index is 11.0. The fourth-order valence-corrected chi connectivity index (χ4v) is 4.48. The summed E-state index contributed by atoms with van der Waals surface area (Å²) >= 11 is 6.51. The van der Waals surface area contributed by atoms with E-state index in [9.17, 15) is 9.90 Å². The molecule has 0 fully saturated rings. The lowest BCUT2D eigenvalue weighted by Gasteiger charge is -2.16. The molecule has 0 spiro atoms. The van der Waals surface area contributed by atoms with Gasteiger partial charge in [-0.05, 0) is 104 Å². The average molecular weight is 651 g/mol. The molecule has 2 aromatic rings. The number of hydrogen-bond acceptors (Lipinski definition) is 4. The lowest BCUT2D eigenvalue weighted by Crippen LogP contribution is -2.32. The van der Waals surface area contributed by atoms with Crippen molar-refractivity contribution < 1.29 is 19.7 Å².